The van der Waals surface area contributed by atoms with Crippen LogP contribution in [0.25, 0.3) is 0 Å². The maximum Gasteiger partial charge on any atom is 0.356 e. The largest absolute Gasteiger partial charge is 0.464 e. The van der Waals surface area contributed by atoms with Gasteiger partial charge in [0.2, 0.25) is 0 Å². The average molecular weight is 277 g/mol. The van der Waals surface area contributed by atoms with Crippen molar-refractivity contribution in [1.29, 1.82) is 0 Å². The average Bonchev–Trinajstić information content (AvgIpc) is 2.49. The molecule has 2 rings (SSSR count). The number of nitrogens with two attached hydrogens (primary N) is 1. The number of pyridine rings is 1. The first-order valence-corrected chi connectivity index (χ1v) is 7.14. The molecule has 2 atom stereocenters. The zero-order valence-corrected chi connectivity index (χ0v) is 12.2. The molecule has 1 saturated carbocycles. The topological polar surface area (TPSA) is 77.2 Å². The van der Waals surface area contributed by atoms with Gasteiger partial charge in [-0.2, -0.15) is 0 Å². The highest BCUT2D eigenvalue weighted by Gasteiger charge is 2.36. The quantitative estimate of drug-likeness (QED) is 0.825. The van der Waals surface area contributed by atoms with E-state index in [2.05, 4.69) is 17.2 Å². The van der Waals surface area contributed by atoms with Crippen LogP contribution >= 0.6 is 0 Å². The predicted molar refractivity (Wildman–Crippen MR) is 78.6 cm³/mol. The van der Waals surface area contributed by atoms with Crippen LogP contribution in [0.4, 0.5) is 5.69 Å². The molecule has 5 nitrogen and oxygen atoms in total. The Morgan fingerprint density at radius 2 is 2.40 bits per heavy atom. The number of anilines is 1. The molecule has 1 aromatic rings. The maximum atomic E-state index is 11.5. The number of carbonyl (C=O) groups excluding carboxylic acids is 1. The van der Waals surface area contributed by atoms with Crippen LogP contribution in [0.15, 0.2) is 18.3 Å². The van der Waals surface area contributed by atoms with Crippen molar-refractivity contribution in [2.45, 2.75) is 38.1 Å². The molecule has 2 unspecified atom stereocenters. The van der Waals surface area contributed by atoms with E-state index in [0.717, 1.165) is 12.1 Å². The van der Waals surface area contributed by atoms with E-state index in [1.54, 1.807) is 12.3 Å². The van der Waals surface area contributed by atoms with Crippen LogP contribution in [0.1, 0.15) is 43.1 Å². The van der Waals surface area contributed by atoms with Crippen LogP contribution < -0.4 is 11.1 Å². The van der Waals surface area contributed by atoms with Gasteiger partial charge in [0.15, 0.2) is 0 Å². The molecule has 0 aromatic carbocycles. The Balaban J connectivity index is 2.21. The van der Waals surface area contributed by atoms with Crippen molar-refractivity contribution in [3.63, 3.8) is 0 Å². The highest BCUT2D eigenvalue weighted by molar-refractivity contribution is 5.88. The monoisotopic (exact) mass is 277 g/mol. The molecule has 20 heavy (non-hydrogen) atoms. The SMILES string of the molecule is COC(=O)c1cc(NC2(CN)CCCCC2C)ccn1. The number of hydrogen-bond donors (Lipinski definition) is 2. The van der Waals surface area contributed by atoms with Crippen LogP contribution in [-0.4, -0.2) is 30.1 Å². The van der Waals surface area contributed by atoms with Crippen molar-refractivity contribution in [2.75, 3.05) is 19.0 Å². The second kappa shape index (κ2) is 6.22. The van der Waals surface area contributed by atoms with Crippen LogP contribution in [0.3, 0.4) is 0 Å². The van der Waals surface area contributed by atoms with E-state index in [1.807, 2.05) is 6.07 Å². The van der Waals surface area contributed by atoms with E-state index in [9.17, 15) is 4.79 Å². The minimum absolute atomic E-state index is 0.0903. The molecular formula is C15H23N3O2. The summed E-state index contributed by atoms with van der Waals surface area (Å²) in [4.78, 5) is 15.6. The minimum Gasteiger partial charge on any atom is -0.464 e. The maximum absolute atomic E-state index is 11.5. The number of hydrogen-bond acceptors (Lipinski definition) is 5. The lowest BCUT2D eigenvalue weighted by Crippen LogP contribution is -2.52. The Labute approximate surface area is 119 Å². The third kappa shape index (κ3) is 2.93. The van der Waals surface area contributed by atoms with E-state index in [-0.39, 0.29) is 5.54 Å². The van der Waals surface area contributed by atoms with Gasteiger partial charge < -0.3 is 15.8 Å². The van der Waals surface area contributed by atoms with Gasteiger partial charge in [-0.3, -0.25) is 0 Å². The highest BCUT2D eigenvalue weighted by Crippen LogP contribution is 2.35. The molecule has 0 amide bonds. The first kappa shape index (κ1) is 14.8. The number of methoxy groups -OCH3 is 1. The summed E-state index contributed by atoms with van der Waals surface area (Å²) in [5.41, 5.74) is 7.13. The molecule has 0 bridgehead atoms. The second-order valence-corrected chi connectivity index (χ2v) is 5.55. The van der Waals surface area contributed by atoms with Crippen LogP contribution in [0, 0.1) is 5.92 Å². The zero-order valence-electron chi connectivity index (χ0n) is 12.2. The van der Waals surface area contributed by atoms with Gasteiger partial charge in [-0.05, 0) is 30.9 Å². The van der Waals surface area contributed by atoms with Crippen LogP contribution in [-0.2, 0) is 4.74 Å². The molecular weight excluding hydrogens is 254 g/mol. The van der Waals surface area contributed by atoms with Crippen molar-refractivity contribution < 1.29 is 9.53 Å². The zero-order chi connectivity index (χ0) is 14.6. The van der Waals surface area contributed by atoms with E-state index >= 15 is 0 Å². The number of aromatic nitrogens is 1. The fourth-order valence-electron chi connectivity index (χ4n) is 2.97. The lowest BCUT2D eigenvalue weighted by Gasteiger charge is -2.43. The predicted octanol–water partition coefficient (Wildman–Crippen LogP) is 2.19. The van der Waals surface area contributed by atoms with E-state index < -0.39 is 5.97 Å². The fraction of sp³-hybridized carbons (Fsp3) is 0.600. The molecule has 1 aliphatic rings. The summed E-state index contributed by atoms with van der Waals surface area (Å²) in [6.07, 6.45) is 6.30. The van der Waals surface area contributed by atoms with E-state index in [4.69, 9.17) is 10.5 Å². The third-order valence-electron chi connectivity index (χ3n) is 4.37. The van der Waals surface area contributed by atoms with Gasteiger partial charge >= 0.3 is 5.97 Å². The first-order valence-electron chi connectivity index (χ1n) is 7.14. The van der Waals surface area contributed by atoms with Crippen molar-refractivity contribution in [3.8, 4) is 0 Å². The number of carbonyl (C=O) groups is 1. The van der Waals surface area contributed by atoms with Crippen molar-refractivity contribution in [3.05, 3.63) is 24.0 Å². The van der Waals surface area contributed by atoms with Gasteiger partial charge in [-0.1, -0.05) is 19.8 Å². The molecule has 110 valence electrons. The molecule has 0 spiro atoms. The summed E-state index contributed by atoms with van der Waals surface area (Å²) >= 11 is 0. The molecule has 0 aliphatic heterocycles. The standard InChI is InChI=1S/C15H23N3O2/c1-11-5-3-4-7-15(11,10-16)18-12-6-8-17-13(9-12)14(19)20-2/h6,8-9,11H,3-5,7,10,16H2,1-2H3,(H,17,18). The smallest absolute Gasteiger partial charge is 0.356 e. The Hall–Kier alpha value is -1.62. The Morgan fingerprint density at radius 1 is 1.60 bits per heavy atom. The summed E-state index contributed by atoms with van der Waals surface area (Å²) < 4.78 is 4.70. The Kier molecular flexibility index (Phi) is 4.60. The highest BCUT2D eigenvalue weighted by atomic mass is 16.5. The molecule has 1 fully saturated rings. The number of esters is 1. The molecule has 1 heterocycles. The van der Waals surface area contributed by atoms with Crippen LogP contribution in [0.2, 0.25) is 0 Å². The van der Waals surface area contributed by atoms with Crippen molar-refractivity contribution in [2.24, 2.45) is 11.7 Å². The molecule has 1 aliphatic carbocycles. The number of nitrogens with zero attached hydrogens (tertiary/aromatic N) is 1. The first-order chi connectivity index (χ1) is 9.61. The van der Waals surface area contributed by atoms with Gasteiger partial charge in [0, 0.05) is 18.4 Å². The molecule has 0 saturated heterocycles. The number of ether oxygens (including phenoxy) is 1. The summed E-state index contributed by atoms with van der Waals surface area (Å²) in [7, 11) is 1.36. The Bertz CT molecular complexity index is 478. The van der Waals surface area contributed by atoms with Gasteiger partial charge in [0.25, 0.3) is 0 Å². The molecule has 0 radical (unpaired) electrons. The molecule has 3 N–H and O–H groups in total. The van der Waals surface area contributed by atoms with Gasteiger partial charge in [0.1, 0.15) is 5.69 Å². The van der Waals surface area contributed by atoms with Gasteiger partial charge in [-0.25, -0.2) is 9.78 Å². The van der Waals surface area contributed by atoms with Gasteiger partial charge in [-0.15, -0.1) is 0 Å². The Morgan fingerprint density at radius 3 is 3.05 bits per heavy atom. The normalized spacial score (nSPS) is 26.1. The van der Waals surface area contributed by atoms with Crippen molar-refractivity contribution >= 4 is 11.7 Å². The third-order valence-corrected chi connectivity index (χ3v) is 4.37. The summed E-state index contributed by atoms with van der Waals surface area (Å²) in [5, 5.41) is 3.54. The lowest BCUT2D eigenvalue weighted by atomic mass is 9.73. The summed E-state index contributed by atoms with van der Waals surface area (Å²) in [6.45, 7) is 2.82. The second-order valence-electron chi connectivity index (χ2n) is 5.55. The minimum atomic E-state index is -0.424. The fourth-order valence-corrected chi connectivity index (χ4v) is 2.97. The molecule has 1 aromatic heterocycles. The van der Waals surface area contributed by atoms with Crippen molar-refractivity contribution in [1.82, 2.24) is 4.98 Å². The number of rotatable bonds is 4. The summed E-state index contributed by atoms with van der Waals surface area (Å²) in [6, 6.07) is 3.59. The van der Waals surface area contributed by atoms with E-state index in [1.165, 1.54) is 26.4 Å². The van der Waals surface area contributed by atoms with Crippen LogP contribution in [0.5, 0.6) is 0 Å². The summed E-state index contributed by atoms with van der Waals surface area (Å²) in [5.74, 6) is 0.0862. The van der Waals surface area contributed by atoms with Gasteiger partial charge in [0.05, 0.1) is 12.6 Å². The lowest BCUT2D eigenvalue weighted by molar-refractivity contribution is 0.0594. The molecule has 5 heteroatoms. The number of nitrogens with one attached hydrogen (secondary N) is 1. The van der Waals surface area contributed by atoms with E-state index in [0.29, 0.717) is 18.2 Å².